The van der Waals surface area contributed by atoms with E-state index in [1.807, 2.05) is 0 Å². The number of halogens is 3. The van der Waals surface area contributed by atoms with Crippen LogP contribution in [0.1, 0.15) is 16.8 Å². The molecule has 1 heterocycles. The van der Waals surface area contributed by atoms with Gasteiger partial charge in [-0.15, -0.1) is 0 Å². The van der Waals surface area contributed by atoms with Crippen LogP contribution in [0.25, 0.3) is 11.0 Å². The number of nitrogens with one attached hydrogen (secondary N) is 1. The molecule has 29 heavy (non-hydrogen) atoms. The van der Waals surface area contributed by atoms with Crippen LogP contribution in [-0.4, -0.2) is 33.0 Å². The molecular weight excluding hydrogens is 387 g/mol. The SMILES string of the molecule is O=C(Cc1cccc(C(F)(F)F)c1)N[C@H](Cc1cnc2ccccc2n1)C(=O)O. The number of nitrogens with zero attached hydrogens (tertiary/aromatic N) is 2. The molecule has 2 N–H and O–H groups in total. The van der Waals surface area contributed by atoms with Crippen LogP contribution < -0.4 is 5.32 Å². The molecule has 0 bridgehead atoms. The van der Waals surface area contributed by atoms with Gasteiger partial charge in [-0.1, -0.05) is 30.3 Å². The zero-order valence-electron chi connectivity index (χ0n) is 15.0. The first-order valence-corrected chi connectivity index (χ1v) is 8.61. The fourth-order valence-electron chi connectivity index (χ4n) is 2.79. The summed E-state index contributed by atoms with van der Waals surface area (Å²) in [5, 5.41) is 11.7. The van der Waals surface area contributed by atoms with Gasteiger partial charge in [-0.05, 0) is 23.8 Å². The van der Waals surface area contributed by atoms with E-state index in [-0.39, 0.29) is 18.4 Å². The van der Waals surface area contributed by atoms with Crippen LogP contribution in [0, 0.1) is 0 Å². The maximum Gasteiger partial charge on any atom is 0.416 e. The maximum absolute atomic E-state index is 12.8. The second-order valence-electron chi connectivity index (χ2n) is 6.39. The van der Waals surface area contributed by atoms with Crippen molar-refractivity contribution in [3.05, 3.63) is 71.5 Å². The van der Waals surface area contributed by atoms with Gasteiger partial charge < -0.3 is 10.4 Å². The van der Waals surface area contributed by atoms with Crippen molar-refractivity contribution in [1.82, 2.24) is 15.3 Å². The number of carbonyl (C=O) groups excluding carboxylic acids is 1. The number of para-hydroxylation sites is 2. The molecule has 2 aromatic carbocycles. The molecule has 1 amide bonds. The summed E-state index contributed by atoms with van der Waals surface area (Å²) in [6.07, 6.45) is -3.58. The summed E-state index contributed by atoms with van der Waals surface area (Å²) >= 11 is 0. The third-order valence-corrected chi connectivity index (χ3v) is 4.16. The van der Waals surface area contributed by atoms with Crippen molar-refractivity contribution in [1.29, 1.82) is 0 Å². The van der Waals surface area contributed by atoms with Crippen LogP contribution in [0.2, 0.25) is 0 Å². The Hall–Kier alpha value is -3.49. The van der Waals surface area contributed by atoms with Gasteiger partial charge in [-0.2, -0.15) is 13.2 Å². The molecular formula is C20H16F3N3O3. The Kier molecular flexibility index (Phi) is 5.76. The van der Waals surface area contributed by atoms with Crippen LogP contribution >= 0.6 is 0 Å². The zero-order chi connectivity index (χ0) is 21.0. The van der Waals surface area contributed by atoms with Gasteiger partial charge in [0, 0.05) is 12.6 Å². The number of amides is 1. The molecule has 1 aromatic heterocycles. The Bertz CT molecular complexity index is 1050. The second kappa shape index (κ2) is 8.26. The van der Waals surface area contributed by atoms with Crippen molar-refractivity contribution in [2.24, 2.45) is 0 Å². The summed E-state index contributed by atoms with van der Waals surface area (Å²) in [6.45, 7) is 0. The Balaban J connectivity index is 1.70. The lowest BCUT2D eigenvalue weighted by atomic mass is 10.1. The molecule has 0 spiro atoms. The standard InChI is InChI=1S/C20H16F3N3O3/c21-20(22,23)13-5-3-4-12(8-13)9-18(27)26-17(19(28)29)10-14-11-24-15-6-1-2-7-16(15)25-14/h1-8,11,17H,9-10H2,(H,26,27)(H,28,29)/t17-/m1/s1. The van der Waals surface area contributed by atoms with Crippen LogP contribution in [-0.2, 0) is 28.6 Å². The lowest BCUT2D eigenvalue weighted by Gasteiger charge is -2.15. The third-order valence-electron chi connectivity index (χ3n) is 4.16. The number of carbonyl (C=O) groups is 2. The number of rotatable bonds is 6. The monoisotopic (exact) mass is 403 g/mol. The molecule has 1 atom stereocenters. The number of alkyl halides is 3. The molecule has 3 aromatic rings. The predicted molar refractivity (Wildman–Crippen MR) is 98.0 cm³/mol. The Morgan fingerprint density at radius 2 is 1.79 bits per heavy atom. The molecule has 3 rings (SSSR count). The van der Waals surface area contributed by atoms with Gasteiger partial charge in [0.15, 0.2) is 0 Å². The number of fused-ring (bicyclic) bond motifs is 1. The number of hydrogen-bond acceptors (Lipinski definition) is 4. The number of hydrogen-bond donors (Lipinski definition) is 2. The average Bonchev–Trinajstić information content (AvgIpc) is 2.67. The molecule has 0 saturated heterocycles. The maximum atomic E-state index is 12.8. The Labute approximate surface area is 163 Å². The minimum Gasteiger partial charge on any atom is -0.480 e. The van der Waals surface area contributed by atoms with Gasteiger partial charge in [0.2, 0.25) is 5.91 Å². The minimum atomic E-state index is -4.52. The summed E-state index contributed by atoms with van der Waals surface area (Å²) in [6, 6.07) is 10.1. The molecule has 0 aliphatic carbocycles. The fourth-order valence-corrected chi connectivity index (χ4v) is 2.79. The molecule has 0 saturated carbocycles. The average molecular weight is 403 g/mol. The van der Waals surface area contributed by atoms with Crippen molar-refractivity contribution in [3.8, 4) is 0 Å². The first-order chi connectivity index (χ1) is 13.7. The van der Waals surface area contributed by atoms with Crippen LogP contribution in [0.15, 0.2) is 54.7 Å². The first-order valence-electron chi connectivity index (χ1n) is 8.61. The van der Waals surface area contributed by atoms with Gasteiger partial charge in [-0.3, -0.25) is 9.78 Å². The number of carboxylic acids is 1. The molecule has 9 heteroatoms. The molecule has 6 nitrogen and oxygen atoms in total. The normalized spacial score (nSPS) is 12.5. The van der Waals surface area contributed by atoms with Crippen LogP contribution in [0.3, 0.4) is 0 Å². The third kappa shape index (κ3) is 5.28. The number of aliphatic carboxylic acids is 1. The highest BCUT2D eigenvalue weighted by molar-refractivity contribution is 5.85. The van der Waals surface area contributed by atoms with Crippen molar-refractivity contribution < 1.29 is 27.9 Å². The van der Waals surface area contributed by atoms with E-state index < -0.39 is 29.7 Å². The summed E-state index contributed by atoms with van der Waals surface area (Å²) in [7, 11) is 0. The van der Waals surface area contributed by atoms with Gasteiger partial charge in [-0.25, -0.2) is 9.78 Å². The van der Waals surface area contributed by atoms with E-state index in [0.717, 1.165) is 12.1 Å². The van der Waals surface area contributed by atoms with Crippen molar-refractivity contribution >= 4 is 22.9 Å². The topological polar surface area (TPSA) is 92.2 Å². The van der Waals surface area contributed by atoms with E-state index in [0.29, 0.717) is 16.7 Å². The first kappa shape index (κ1) is 20.2. The Morgan fingerprint density at radius 3 is 2.48 bits per heavy atom. The smallest absolute Gasteiger partial charge is 0.416 e. The van der Waals surface area contributed by atoms with Gasteiger partial charge in [0.1, 0.15) is 6.04 Å². The second-order valence-corrected chi connectivity index (χ2v) is 6.39. The molecule has 0 aliphatic heterocycles. The van der Waals surface area contributed by atoms with Crippen LogP contribution in [0.4, 0.5) is 13.2 Å². The summed E-state index contributed by atoms with van der Waals surface area (Å²) < 4.78 is 38.4. The van der Waals surface area contributed by atoms with Gasteiger partial charge >= 0.3 is 12.1 Å². The Morgan fingerprint density at radius 1 is 1.07 bits per heavy atom. The lowest BCUT2D eigenvalue weighted by Crippen LogP contribution is -2.43. The molecule has 0 radical (unpaired) electrons. The van der Waals surface area contributed by atoms with Crippen molar-refractivity contribution in [3.63, 3.8) is 0 Å². The summed E-state index contributed by atoms with van der Waals surface area (Å²) in [5.74, 6) is -1.98. The van der Waals surface area contributed by atoms with Crippen molar-refractivity contribution in [2.45, 2.75) is 25.1 Å². The van der Waals surface area contributed by atoms with Crippen molar-refractivity contribution in [2.75, 3.05) is 0 Å². The van der Waals surface area contributed by atoms with E-state index in [9.17, 15) is 27.9 Å². The highest BCUT2D eigenvalue weighted by Crippen LogP contribution is 2.29. The van der Waals surface area contributed by atoms with E-state index in [4.69, 9.17) is 0 Å². The molecule has 0 aliphatic rings. The largest absolute Gasteiger partial charge is 0.480 e. The van der Waals surface area contributed by atoms with E-state index in [1.165, 1.54) is 18.3 Å². The number of aromatic nitrogens is 2. The quantitative estimate of drug-likeness (QED) is 0.660. The molecule has 150 valence electrons. The van der Waals surface area contributed by atoms with E-state index in [1.54, 1.807) is 24.3 Å². The minimum absolute atomic E-state index is 0.110. The highest BCUT2D eigenvalue weighted by atomic mass is 19.4. The van der Waals surface area contributed by atoms with E-state index >= 15 is 0 Å². The predicted octanol–water partition coefficient (Wildman–Crippen LogP) is 3.00. The number of carboxylic acid groups (broad SMARTS) is 1. The fraction of sp³-hybridized carbons (Fsp3) is 0.200. The molecule has 0 unspecified atom stereocenters. The van der Waals surface area contributed by atoms with E-state index in [2.05, 4.69) is 15.3 Å². The summed E-state index contributed by atoms with van der Waals surface area (Å²) in [5.41, 5.74) is 0.868. The number of benzene rings is 2. The highest BCUT2D eigenvalue weighted by Gasteiger charge is 2.30. The van der Waals surface area contributed by atoms with Crippen LogP contribution in [0.5, 0.6) is 0 Å². The molecule has 0 fully saturated rings. The van der Waals surface area contributed by atoms with Gasteiger partial charge in [0.25, 0.3) is 0 Å². The lowest BCUT2D eigenvalue weighted by molar-refractivity contribution is -0.141. The van der Waals surface area contributed by atoms with Gasteiger partial charge in [0.05, 0.1) is 28.7 Å². The zero-order valence-corrected chi connectivity index (χ0v) is 15.0. The summed E-state index contributed by atoms with van der Waals surface area (Å²) in [4.78, 5) is 32.3.